The standard InChI is InChI=1S/C21H12N3.Li/c1-5-15(17-6-3-11-22-19(17)7-1)16-10-13-24-21-18(16)9-8-14-4-2-12-23-20(14)21;/h1-6,8-13H;/q-1;+1. The molecule has 0 unspecified atom stereocenters. The van der Waals surface area contributed by atoms with Crippen molar-refractivity contribution in [1.82, 2.24) is 15.0 Å². The number of aromatic nitrogens is 3. The van der Waals surface area contributed by atoms with Crippen LogP contribution in [-0.4, -0.2) is 15.0 Å². The third kappa shape index (κ3) is 2.49. The number of hydrogen-bond acceptors (Lipinski definition) is 3. The molecule has 0 radical (unpaired) electrons. The Morgan fingerprint density at radius 2 is 1.44 bits per heavy atom. The van der Waals surface area contributed by atoms with Gasteiger partial charge in [0.2, 0.25) is 0 Å². The van der Waals surface area contributed by atoms with Crippen molar-refractivity contribution in [2.75, 3.05) is 0 Å². The summed E-state index contributed by atoms with van der Waals surface area (Å²) in [6.07, 6.45) is 5.46. The van der Waals surface area contributed by atoms with E-state index >= 15 is 0 Å². The van der Waals surface area contributed by atoms with Crippen molar-refractivity contribution < 1.29 is 18.9 Å². The smallest absolute Gasteiger partial charge is 0.283 e. The SMILES string of the molecule is [Li+].[c-]1ccc(-c2ccnc3c2ccc2cccnc23)c2cccnc12. The van der Waals surface area contributed by atoms with Crippen molar-refractivity contribution in [2.24, 2.45) is 0 Å². The molecule has 0 saturated carbocycles. The van der Waals surface area contributed by atoms with Crippen LogP contribution in [0.25, 0.3) is 43.8 Å². The van der Waals surface area contributed by atoms with Crippen molar-refractivity contribution >= 4 is 32.7 Å². The number of benzene rings is 2. The van der Waals surface area contributed by atoms with Gasteiger partial charge in [-0.3, -0.25) is 15.0 Å². The molecule has 112 valence electrons. The molecule has 2 aromatic carbocycles. The second-order valence-electron chi connectivity index (χ2n) is 5.69. The van der Waals surface area contributed by atoms with Gasteiger partial charge >= 0.3 is 18.9 Å². The normalized spacial score (nSPS) is 10.9. The summed E-state index contributed by atoms with van der Waals surface area (Å²) in [4.78, 5) is 13.5. The van der Waals surface area contributed by atoms with Crippen LogP contribution in [0.1, 0.15) is 0 Å². The van der Waals surface area contributed by atoms with E-state index in [1.807, 2.05) is 30.6 Å². The number of fused-ring (bicyclic) bond motifs is 4. The molecule has 0 spiro atoms. The van der Waals surface area contributed by atoms with Crippen molar-refractivity contribution in [3.05, 3.63) is 79.3 Å². The van der Waals surface area contributed by atoms with Gasteiger partial charge in [-0.05, 0) is 23.2 Å². The first-order chi connectivity index (χ1) is 11.9. The Bertz CT molecular complexity index is 1210. The molecule has 5 rings (SSSR count). The minimum atomic E-state index is 0. The molecular formula is C21H12LiN3. The molecule has 0 aliphatic heterocycles. The molecule has 3 nitrogen and oxygen atoms in total. The van der Waals surface area contributed by atoms with Crippen LogP contribution < -0.4 is 18.9 Å². The molecular weight excluding hydrogens is 301 g/mol. The van der Waals surface area contributed by atoms with E-state index in [-0.39, 0.29) is 18.9 Å². The zero-order valence-corrected chi connectivity index (χ0v) is 13.8. The average molecular weight is 313 g/mol. The van der Waals surface area contributed by atoms with E-state index in [0.717, 1.165) is 43.8 Å². The topological polar surface area (TPSA) is 38.7 Å². The Balaban J connectivity index is 0.00000157. The summed E-state index contributed by atoms with van der Waals surface area (Å²) in [6, 6.07) is 21.5. The average Bonchev–Trinajstić information content (AvgIpc) is 2.67. The summed E-state index contributed by atoms with van der Waals surface area (Å²) in [6.45, 7) is 0. The molecule has 0 atom stereocenters. The van der Waals surface area contributed by atoms with Crippen LogP contribution in [-0.2, 0) is 0 Å². The summed E-state index contributed by atoms with van der Waals surface area (Å²) >= 11 is 0. The predicted octanol–water partition coefficient (Wildman–Crippen LogP) is 1.80. The van der Waals surface area contributed by atoms with Gasteiger partial charge in [0.1, 0.15) is 0 Å². The second kappa shape index (κ2) is 6.29. The monoisotopic (exact) mass is 313 g/mol. The van der Waals surface area contributed by atoms with Gasteiger partial charge in [0, 0.05) is 29.4 Å². The van der Waals surface area contributed by atoms with Gasteiger partial charge in [-0.25, -0.2) is 0 Å². The fourth-order valence-corrected chi connectivity index (χ4v) is 3.25. The number of pyridine rings is 3. The molecule has 0 aliphatic carbocycles. The van der Waals surface area contributed by atoms with Gasteiger partial charge in [-0.1, -0.05) is 24.3 Å². The molecule has 0 aliphatic rings. The maximum atomic E-state index is 4.59. The predicted molar refractivity (Wildman–Crippen MR) is 96.6 cm³/mol. The van der Waals surface area contributed by atoms with Gasteiger partial charge in [0.25, 0.3) is 0 Å². The summed E-state index contributed by atoms with van der Waals surface area (Å²) < 4.78 is 0. The Hall–Kier alpha value is -2.73. The van der Waals surface area contributed by atoms with Crippen LogP contribution in [0.2, 0.25) is 0 Å². The van der Waals surface area contributed by atoms with Crippen LogP contribution in [0.5, 0.6) is 0 Å². The van der Waals surface area contributed by atoms with Gasteiger partial charge in [0.15, 0.2) is 0 Å². The summed E-state index contributed by atoms with van der Waals surface area (Å²) in [7, 11) is 0. The molecule has 3 aromatic heterocycles. The first-order valence-electron chi connectivity index (χ1n) is 7.80. The molecule has 0 N–H and O–H groups in total. The third-order valence-corrected chi connectivity index (χ3v) is 4.34. The van der Waals surface area contributed by atoms with E-state index in [9.17, 15) is 0 Å². The third-order valence-electron chi connectivity index (χ3n) is 4.34. The van der Waals surface area contributed by atoms with E-state index in [0.29, 0.717) is 0 Å². The van der Waals surface area contributed by atoms with Crippen molar-refractivity contribution in [3.63, 3.8) is 0 Å². The fourth-order valence-electron chi connectivity index (χ4n) is 3.25. The Morgan fingerprint density at radius 3 is 2.40 bits per heavy atom. The molecule has 0 fully saturated rings. The number of nitrogens with zero attached hydrogens (tertiary/aromatic N) is 3. The maximum Gasteiger partial charge on any atom is 1.00 e. The van der Waals surface area contributed by atoms with Crippen LogP contribution in [0.4, 0.5) is 0 Å². The number of rotatable bonds is 1. The van der Waals surface area contributed by atoms with Crippen LogP contribution >= 0.6 is 0 Å². The van der Waals surface area contributed by atoms with Crippen molar-refractivity contribution in [1.29, 1.82) is 0 Å². The van der Waals surface area contributed by atoms with Gasteiger partial charge in [-0.15, -0.1) is 17.0 Å². The largest absolute Gasteiger partial charge is 1.00 e. The van der Waals surface area contributed by atoms with E-state index < -0.39 is 0 Å². The van der Waals surface area contributed by atoms with Crippen molar-refractivity contribution in [2.45, 2.75) is 0 Å². The van der Waals surface area contributed by atoms with E-state index in [4.69, 9.17) is 0 Å². The summed E-state index contributed by atoms with van der Waals surface area (Å²) in [5.74, 6) is 0. The van der Waals surface area contributed by atoms with Crippen LogP contribution in [0, 0.1) is 6.07 Å². The zero-order chi connectivity index (χ0) is 15.9. The van der Waals surface area contributed by atoms with Crippen molar-refractivity contribution in [3.8, 4) is 11.1 Å². The fraction of sp³-hybridized carbons (Fsp3) is 0. The van der Waals surface area contributed by atoms with E-state index in [1.54, 1.807) is 6.20 Å². The van der Waals surface area contributed by atoms with Crippen LogP contribution in [0.3, 0.4) is 0 Å². The van der Waals surface area contributed by atoms with Gasteiger partial charge < -0.3 is 0 Å². The molecule has 5 aromatic rings. The number of hydrogen-bond donors (Lipinski definition) is 0. The van der Waals surface area contributed by atoms with E-state index in [1.165, 1.54) is 0 Å². The Morgan fingerprint density at radius 1 is 0.640 bits per heavy atom. The Labute approximate surface area is 156 Å². The molecule has 3 heterocycles. The van der Waals surface area contributed by atoms with Gasteiger partial charge in [0.05, 0.1) is 11.0 Å². The second-order valence-corrected chi connectivity index (χ2v) is 5.69. The van der Waals surface area contributed by atoms with Gasteiger partial charge in [-0.2, -0.15) is 18.2 Å². The Kier molecular flexibility index (Phi) is 3.97. The molecule has 0 bridgehead atoms. The summed E-state index contributed by atoms with van der Waals surface area (Å²) in [5.41, 5.74) is 5.01. The first-order valence-corrected chi connectivity index (χ1v) is 7.80. The minimum absolute atomic E-state index is 0. The molecule has 4 heteroatoms. The molecule has 25 heavy (non-hydrogen) atoms. The first kappa shape index (κ1) is 15.8. The zero-order valence-electron chi connectivity index (χ0n) is 13.8. The molecule has 0 amide bonds. The van der Waals surface area contributed by atoms with Crippen LogP contribution in [0.15, 0.2) is 73.2 Å². The quantitative estimate of drug-likeness (QED) is 0.269. The maximum absolute atomic E-state index is 4.59. The van der Waals surface area contributed by atoms with E-state index in [2.05, 4.69) is 57.4 Å². The summed E-state index contributed by atoms with van der Waals surface area (Å²) in [5, 5.41) is 3.29. The molecule has 0 saturated heterocycles. The minimum Gasteiger partial charge on any atom is -0.283 e.